The minimum atomic E-state index is -0.851. The number of nitriles is 1. The molecule has 0 saturated heterocycles. The van der Waals surface area contributed by atoms with Gasteiger partial charge in [-0.3, -0.25) is 0 Å². The van der Waals surface area contributed by atoms with E-state index >= 15 is 0 Å². The molecular weight excluding hydrogens is 406 g/mol. The average molecular weight is 426 g/mol. The first-order valence-corrected chi connectivity index (χ1v) is 9.48. The zero-order valence-electron chi connectivity index (χ0n) is 16.9. The maximum atomic E-state index is 14.0. The van der Waals surface area contributed by atoms with Gasteiger partial charge in [-0.1, -0.05) is 24.3 Å². The summed E-state index contributed by atoms with van der Waals surface area (Å²) in [6.07, 6.45) is 0. The fourth-order valence-corrected chi connectivity index (χ4v) is 3.36. The molecule has 1 heterocycles. The van der Waals surface area contributed by atoms with E-state index in [0.717, 1.165) is 12.1 Å². The molecule has 1 aliphatic rings. The molecule has 1 unspecified atom stereocenters. The van der Waals surface area contributed by atoms with Crippen LogP contribution in [0.3, 0.4) is 0 Å². The van der Waals surface area contributed by atoms with E-state index in [2.05, 4.69) is 0 Å². The number of allylic oxidation sites excluding steroid dienone is 2. The molecule has 1 atom stereocenters. The monoisotopic (exact) mass is 426 g/mol. The van der Waals surface area contributed by atoms with Crippen LogP contribution >= 0.6 is 0 Å². The van der Waals surface area contributed by atoms with Crippen LogP contribution in [0, 0.1) is 23.0 Å². The summed E-state index contributed by atoms with van der Waals surface area (Å²) in [5.41, 5.74) is 7.25. The van der Waals surface area contributed by atoms with Crippen LogP contribution in [0.5, 0.6) is 5.75 Å². The summed E-state index contributed by atoms with van der Waals surface area (Å²) in [6, 6.07) is 11.9. The van der Waals surface area contributed by atoms with E-state index in [1.54, 1.807) is 38.1 Å². The van der Waals surface area contributed by atoms with Crippen molar-refractivity contribution in [2.75, 3.05) is 6.61 Å². The van der Waals surface area contributed by atoms with Gasteiger partial charge in [-0.05, 0) is 37.1 Å². The van der Waals surface area contributed by atoms with Gasteiger partial charge in [-0.15, -0.1) is 0 Å². The third-order valence-electron chi connectivity index (χ3n) is 4.74. The average Bonchev–Trinajstić information content (AvgIpc) is 2.73. The van der Waals surface area contributed by atoms with Crippen molar-refractivity contribution in [3.63, 3.8) is 0 Å². The van der Waals surface area contributed by atoms with Crippen LogP contribution in [0.4, 0.5) is 8.78 Å². The molecule has 2 N–H and O–H groups in total. The number of hydrogen-bond donors (Lipinski definition) is 1. The van der Waals surface area contributed by atoms with Gasteiger partial charge >= 0.3 is 5.97 Å². The lowest BCUT2D eigenvalue weighted by Gasteiger charge is -2.28. The molecule has 0 spiro atoms. The van der Waals surface area contributed by atoms with E-state index in [0.29, 0.717) is 11.1 Å². The second-order valence-corrected chi connectivity index (χ2v) is 6.68. The Balaban J connectivity index is 2.04. The molecule has 6 nitrogen and oxygen atoms in total. The van der Waals surface area contributed by atoms with E-state index in [1.807, 2.05) is 6.07 Å². The maximum Gasteiger partial charge on any atom is 0.338 e. The molecule has 0 radical (unpaired) electrons. The highest BCUT2D eigenvalue weighted by Crippen LogP contribution is 2.41. The van der Waals surface area contributed by atoms with Crippen LogP contribution in [-0.2, 0) is 20.9 Å². The normalized spacial score (nSPS) is 15.9. The zero-order valence-corrected chi connectivity index (χ0v) is 16.9. The number of benzene rings is 2. The number of esters is 1. The first-order chi connectivity index (χ1) is 14.9. The van der Waals surface area contributed by atoms with Crippen molar-refractivity contribution in [1.82, 2.24) is 0 Å². The van der Waals surface area contributed by atoms with E-state index in [-0.39, 0.29) is 41.8 Å². The molecule has 1 aliphatic heterocycles. The summed E-state index contributed by atoms with van der Waals surface area (Å²) in [6.45, 7) is 3.27. The quantitative estimate of drug-likeness (QED) is 0.696. The Morgan fingerprint density at radius 1 is 1.26 bits per heavy atom. The Morgan fingerprint density at radius 2 is 2.00 bits per heavy atom. The lowest BCUT2D eigenvalue weighted by atomic mass is 9.81. The van der Waals surface area contributed by atoms with Gasteiger partial charge in [0.1, 0.15) is 29.8 Å². The first-order valence-electron chi connectivity index (χ1n) is 9.48. The van der Waals surface area contributed by atoms with Gasteiger partial charge in [-0.25, -0.2) is 13.6 Å². The van der Waals surface area contributed by atoms with Crippen molar-refractivity contribution in [3.8, 4) is 11.8 Å². The SMILES string of the molecule is CCOC(=O)C1=C(C)OC(N)=C(C#N)C1c1ccccc1COc1ccc(F)cc1F. The van der Waals surface area contributed by atoms with Gasteiger partial charge < -0.3 is 19.9 Å². The number of halogens is 2. The summed E-state index contributed by atoms with van der Waals surface area (Å²) in [4.78, 5) is 12.7. The van der Waals surface area contributed by atoms with Crippen LogP contribution in [-0.4, -0.2) is 12.6 Å². The molecule has 0 saturated carbocycles. The van der Waals surface area contributed by atoms with Crippen molar-refractivity contribution >= 4 is 5.97 Å². The second kappa shape index (κ2) is 9.30. The molecule has 0 bridgehead atoms. The molecule has 0 aliphatic carbocycles. The van der Waals surface area contributed by atoms with E-state index in [9.17, 15) is 18.8 Å². The van der Waals surface area contributed by atoms with E-state index in [4.69, 9.17) is 19.9 Å². The number of hydrogen-bond acceptors (Lipinski definition) is 6. The standard InChI is InChI=1S/C23H20F2N2O4/c1-3-29-23(28)20-13(2)31-22(27)17(11-26)21(20)16-7-5-4-6-14(16)12-30-19-9-8-15(24)10-18(19)25/h4-10,21H,3,12,27H2,1-2H3. The number of nitrogens with two attached hydrogens (primary N) is 1. The van der Waals surface area contributed by atoms with Crippen molar-refractivity contribution < 1.29 is 27.8 Å². The lowest BCUT2D eigenvalue weighted by Crippen LogP contribution is -2.26. The smallest absolute Gasteiger partial charge is 0.338 e. The number of carbonyl (C=O) groups excluding carboxylic acids is 1. The number of nitrogens with zero attached hydrogens (tertiary/aromatic N) is 1. The molecule has 3 rings (SSSR count). The van der Waals surface area contributed by atoms with E-state index < -0.39 is 23.5 Å². The summed E-state index contributed by atoms with van der Waals surface area (Å²) in [5, 5.41) is 9.71. The van der Waals surface area contributed by atoms with Crippen molar-refractivity contribution in [2.24, 2.45) is 5.73 Å². The molecule has 8 heteroatoms. The zero-order chi connectivity index (χ0) is 22.5. The van der Waals surface area contributed by atoms with Crippen LogP contribution in [0.1, 0.15) is 30.9 Å². The molecule has 2 aromatic carbocycles. The first kappa shape index (κ1) is 21.8. The summed E-state index contributed by atoms with van der Waals surface area (Å²) < 4.78 is 43.2. The fourth-order valence-electron chi connectivity index (χ4n) is 3.36. The minimum Gasteiger partial charge on any atom is -0.486 e. The lowest BCUT2D eigenvalue weighted by molar-refractivity contribution is -0.139. The molecular formula is C23H20F2N2O4. The van der Waals surface area contributed by atoms with Crippen LogP contribution < -0.4 is 10.5 Å². The highest BCUT2D eigenvalue weighted by atomic mass is 19.1. The largest absolute Gasteiger partial charge is 0.486 e. The molecule has 0 amide bonds. The summed E-state index contributed by atoms with van der Waals surface area (Å²) in [7, 11) is 0. The van der Waals surface area contributed by atoms with Gasteiger partial charge in [0.05, 0.1) is 18.1 Å². The van der Waals surface area contributed by atoms with Crippen molar-refractivity contribution in [3.05, 3.63) is 88.0 Å². The molecule has 0 fully saturated rings. The van der Waals surface area contributed by atoms with Gasteiger partial charge in [0.15, 0.2) is 11.6 Å². The highest BCUT2D eigenvalue weighted by Gasteiger charge is 2.37. The third kappa shape index (κ3) is 4.51. The Morgan fingerprint density at radius 3 is 2.68 bits per heavy atom. The summed E-state index contributed by atoms with van der Waals surface area (Å²) in [5.74, 6) is -3.06. The third-order valence-corrected chi connectivity index (χ3v) is 4.74. The number of carbonyl (C=O) groups is 1. The van der Waals surface area contributed by atoms with Gasteiger partial charge in [0.25, 0.3) is 0 Å². The Hall–Kier alpha value is -3.86. The molecule has 160 valence electrons. The van der Waals surface area contributed by atoms with Crippen LogP contribution in [0.2, 0.25) is 0 Å². The maximum absolute atomic E-state index is 14.0. The molecule has 31 heavy (non-hydrogen) atoms. The topological polar surface area (TPSA) is 94.6 Å². The Labute approximate surface area is 178 Å². The predicted molar refractivity (Wildman–Crippen MR) is 107 cm³/mol. The number of rotatable bonds is 6. The van der Waals surface area contributed by atoms with Crippen molar-refractivity contribution in [2.45, 2.75) is 26.4 Å². The Kier molecular flexibility index (Phi) is 6.55. The van der Waals surface area contributed by atoms with Gasteiger partial charge in [0.2, 0.25) is 5.88 Å². The van der Waals surface area contributed by atoms with Crippen LogP contribution in [0.25, 0.3) is 0 Å². The highest BCUT2D eigenvalue weighted by molar-refractivity contribution is 5.92. The minimum absolute atomic E-state index is 0.0501. The summed E-state index contributed by atoms with van der Waals surface area (Å²) >= 11 is 0. The second-order valence-electron chi connectivity index (χ2n) is 6.68. The Bertz CT molecular complexity index is 1120. The van der Waals surface area contributed by atoms with Crippen molar-refractivity contribution in [1.29, 1.82) is 5.26 Å². The van der Waals surface area contributed by atoms with Gasteiger partial charge in [0, 0.05) is 6.07 Å². The predicted octanol–water partition coefficient (Wildman–Crippen LogP) is 4.19. The number of ether oxygens (including phenoxy) is 3. The van der Waals surface area contributed by atoms with Gasteiger partial charge in [-0.2, -0.15) is 5.26 Å². The molecule has 2 aromatic rings. The fraction of sp³-hybridized carbons (Fsp3) is 0.217. The van der Waals surface area contributed by atoms with Crippen LogP contribution in [0.15, 0.2) is 65.3 Å². The molecule has 0 aromatic heterocycles. The van der Waals surface area contributed by atoms with E-state index in [1.165, 1.54) is 6.07 Å².